The third-order valence-corrected chi connectivity index (χ3v) is 5.57. The van der Waals surface area contributed by atoms with Crippen molar-refractivity contribution in [3.8, 4) is 0 Å². The van der Waals surface area contributed by atoms with Gasteiger partial charge < -0.3 is 15.1 Å². The number of piperazine rings is 1. The smallest absolute Gasteiger partial charge is 0.229 e. The Morgan fingerprint density at radius 2 is 1.52 bits per heavy atom. The highest BCUT2D eigenvalue weighted by Gasteiger charge is 2.19. The van der Waals surface area contributed by atoms with E-state index in [9.17, 15) is 0 Å². The van der Waals surface area contributed by atoms with E-state index in [0.29, 0.717) is 5.95 Å². The molecule has 0 bridgehead atoms. The fourth-order valence-corrected chi connectivity index (χ4v) is 3.74. The molecule has 0 unspecified atom stereocenters. The van der Waals surface area contributed by atoms with Gasteiger partial charge in [-0.15, -0.1) is 0 Å². The minimum atomic E-state index is 0.657. The van der Waals surface area contributed by atoms with Crippen molar-refractivity contribution in [2.24, 2.45) is 0 Å². The number of hydrogen-bond donors (Lipinski definition) is 1. The SMILES string of the molecule is Cc1cccc(N2CCN(c3cc(C)nc(Nc4ccc(C)c(C)c4)n3)CC2)c1. The first-order valence-corrected chi connectivity index (χ1v) is 10.2. The van der Waals surface area contributed by atoms with Crippen molar-refractivity contribution in [2.75, 3.05) is 41.3 Å². The quantitative estimate of drug-likeness (QED) is 0.698. The molecule has 0 aliphatic carbocycles. The largest absolute Gasteiger partial charge is 0.368 e. The van der Waals surface area contributed by atoms with Crippen molar-refractivity contribution in [1.82, 2.24) is 9.97 Å². The van der Waals surface area contributed by atoms with E-state index in [0.717, 1.165) is 43.4 Å². The molecule has 1 aliphatic heterocycles. The van der Waals surface area contributed by atoms with Crippen LogP contribution in [0.2, 0.25) is 0 Å². The van der Waals surface area contributed by atoms with Crippen LogP contribution in [0.25, 0.3) is 0 Å². The summed E-state index contributed by atoms with van der Waals surface area (Å²) in [6.07, 6.45) is 0. The Kier molecular flexibility index (Phi) is 5.38. The van der Waals surface area contributed by atoms with Gasteiger partial charge in [0.25, 0.3) is 0 Å². The van der Waals surface area contributed by atoms with Gasteiger partial charge in [0.1, 0.15) is 5.82 Å². The fourth-order valence-electron chi connectivity index (χ4n) is 3.74. The molecule has 1 fully saturated rings. The molecule has 1 aliphatic rings. The summed E-state index contributed by atoms with van der Waals surface area (Å²) in [4.78, 5) is 14.2. The first-order valence-electron chi connectivity index (χ1n) is 10.2. The fraction of sp³-hybridized carbons (Fsp3) is 0.333. The molecule has 0 atom stereocenters. The second-order valence-electron chi connectivity index (χ2n) is 7.93. The number of nitrogens with one attached hydrogen (secondary N) is 1. The lowest BCUT2D eigenvalue weighted by Crippen LogP contribution is -2.47. The normalized spacial score (nSPS) is 14.2. The van der Waals surface area contributed by atoms with E-state index in [2.05, 4.69) is 89.4 Å². The van der Waals surface area contributed by atoms with Gasteiger partial charge in [-0.25, -0.2) is 4.98 Å². The summed E-state index contributed by atoms with van der Waals surface area (Å²) in [5, 5.41) is 3.37. The van der Waals surface area contributed by atoms with E-state index in [4.69, 9.17) is 4.98 Å². The Balaban J connectivity index is 1.47. The van der Waals surface area contributed by atoms with E-state index >= 15 is 0 Å². The van der Waals surface area contributed by atoms with Crippen molar-refractivity contribution in [2.45, 2.75) is 27.7 Å². The standard InChI is InChI=1S/C24H29N5/c1-17-6-5-7-22(14-17)28-10-12-29(13-11-28)23-16-20(4)25-24(27-23)26-21-9-8-18(2)19(3)15-21/h5-9,14-16H,10-13H2,1-4H3,(H,25,26,27). The van der Waals surface area contributed by atoms with Crippen LogP contribution in [0.1, 0.15) is 22.4 Å². The van der Waals surface area contributed by atoms with E-state index < -0.39 is 0 Å². The van der Waals surface area contributed by atoms with Gasteiger partial charge in [-0.2, -0.15) is 4.98 Å². The number of anilines is 4. The predicted molar refractivity (Wildman–Crippen MR) is 122 cm³/mol. The maximum absolute atomic E-state index is 4.80. The third-order valence-electron chi connectivity index (χ3n) is 5.57. The van der Waals surface area contributed by atoms with Crippen LogP contribution in [0, 0.1) is 27.7 Å². The van der Waals surface area contributed by atoms with Gasteiger partial charge in [0.15, 0.2) is 0 Å². The van der Waals surface area contributed by atoms with Gasteiger partial charge in [-0.3, -0.25) is 0 Å². The van der Waals surface area contributed by atoms with Crippen molar-refractivity contribution < 1.29 is 0 Å². The van der Waals surface area contributed by atoms with Gasteiger partial charge in [-0.05, 0) is 68.7 Å². The van der Waals surface area contributed by atoms with Crippen LogP contribution in [0.5, 0.6) is 0 Å². The number of hydrogen-bond acceptors (Lipinski definition) is 5. The maximum Gasteiger partial charge on any atom is 0.229 e. The zero-order chi connectivity index (χ0) is 20.4. The number of benzene rings is 2. The molecule has 5 heteroatoms. The minimum absolute atomic E-state index is 0.657. The number of aromatic nitrogens is 2. The Labute approximate surface area is 173 Å². The highest BCUT2D eigenvalue weighted by Crippen LogP contribution is 2.23. The van der Waals surface area contributed by atoms with Crippen molar-refractivity contribution in [3.05, 3.63) is 70.9 Å². The zero-order valence-corrected chi connectivity index (χ0v) is 17.7. The van der Waals surface area contributed by atoms with Crippen LogP contribution >= 0.6 is 0 Å². The number of rotatable bonds is 4. The third kappa shape index (κ3) is 4.50. The molecule has 3 aromatic rings. The predicted octanol–water partition coefficient (Wildman–Crippen LogP) is 4.78. The van der Waals surface area contributed by atoms with Crippen molar-refractivity contribution in [1.29, 1.82) is 0 Å². The van der Waals surface area contributed by atoms with Crippen LogP contribution in [0.15, 0.2) is 48.5 Å². The number of aryl methyl sites for hydroxylation is 4. The molecule has 2 aromatic carbocycles. The lowest BCUT2D eigenvalue weighted by molar-refractivity contribution is 0.646. The van der Waals surface area contributed by atoms with Crippen LogP contribution in [0.3, 0.4) is 0 Å². The minimum Gasteiger partial charge on any atom is -0.368 e. The van der Waals surface area contributed by atoms with Gasteiger partial charge in [0, 0.05) is 49.3 Å². The van der Waals surface area contributed by atoms with Gasteiger partial charge in [0.05, 0.1) is 0 Å². The first kappa shape index (κ1) is 19.2. The number of nitrogens with zero attached hydrogens (tertiary/aromatic N) is 4. The highest BCUT2D eigenvalue weighted by atomic mass is 15.3. The molecule has 0 spiro atoms. The van der Waals surface area contributed by atoms with Crippen LogP contribution < -0.4 is 15.1 Å². The Hall–Kier alpha value is -3.08. The Morgan fingerprint density at radius 3 is 2.24 bits per heavy atom. The van der Waals surface area contributed by atoms with Crippen LogP contribution in [-0.2, 0) is 0 Å². The molecule has 5 nitrogen and oxygen atoms in total. The molecule has 0 amide bonds. The van der Waals surface area contributed by atoms with Crippen LogP contribution in [-0.4, -0.2) is 36.1 Å². The molecule has 29 heavy (non-hydrogen) atoms. The summed E-state index contributed by atoms with van der Waals surface area (Å²) < 4.78 is 0. The van der Waals surface area contributed by atoms with E-state index in [-0.39, 0.29) is 0 Å². The molecule has 0 saturated carbocycles. The van der Waals surface area contributed by atoms with Gasteiger partial charge in [0.2, 0.25) is 5.95 Å². The molecule has 1 saturated heterocycles. The summed E-state index contributed by atoms with van der Waals surface area (Å²) in [5.41, 5.74) is 7.15. The van der Waals surface area contributed by atoms with E-state index in [1.54, 1.807) is 0 Å². The average Bonchev–Trinajstić information content (AvgIpc) is 2.70. The zero-order valence-electron chi connectivity index (χ0n) is 17.7. The summed E-state index contributed by atoms with van der Waals surface area (Å²) in [7, 11) is 0. The summed E-state index contributed by atoms with van der Waals surface area (Å²) >= 11 is 0. The van der Waals surface area contributed by atoms with Crippen molar-refractivity contribution >= 4 is 23.1 Å². The summed E-state index contributed by atoms with van der Waals surface area (Å²) in [6, 6.07) is 17.2. The molecular formula is C24H29N5. The van der Waals surface area contributed by atoms with E-state index in [1.807, 2.05) is 6.92 Å². The topological polar surface area (TPSA) is 44.3 Å². The Bertz CT molecular complexity index is 1010. The van der Waals surface area contributed by atoms with Crippen LogP contribution in [0.4, 0.5) is 23.1 Å². The second kappa shape index (κ2) is 8.11. The van der Waals surface area contributed by atoms with Gasteiger partial charge >= 0.3 is 0 Å². The lowest BCUT2D eigenvalue weighted by Gasteiger charge is -2.37. The monoisotopic (exact) mass is 387 g/mol. The molecule has 2 heterocycles. The second-order valence-corrected chi connectivity index (χ2v) is 7.93. The lowest BCUT2D eigenvalue weighted by atomic mass is 10.1. The molecule has 150 valence electrons. The highest BCUT2D eigenvalue weighted by molar-refractivity contribution is 5.58. The first-order chi connectivity index (χ1) is 14.0. The molecule has 0 radical (unpaired) electrons. The summed E-state index contributed by atoms with van der Waals surface area (Å²) in [6.45, 7) is 12.3. The molecule has 1 N–H and O–H groups in total. The maximum atomic E-state index is 4.80. The molecule has 1 aromatic heterocycles. The molecular weight excluding hydrogens is 358 g/mol. The van der Waals surface area contributed by atoms with E-state index in [1.165, 1.54) is 22.4 Å². The van der Waals surface area contributed by atoms with Gasteiger partial charge in [-0.1, -0.05) is 18.2 Å². The average molecular weight is 388 g/mol. The molecule has 4 rings (SSSR count). The Morgan fingerprint density at radius 1 is 0.759 bits per heavy atom. The van der Waals surface area contributed by atoms with Crippen molar-refractivity contribution in [3.63, 3.8) is 0 Å². The summed E-state index contributed by atoms with van der Waals surface area (Å²) in [5.74, 6) is 1.65.